The number of aliphatic hydroxyl groups is 1. The number of fused-ring (bicyclic) bond motifs is 3. The van der Waals surface area contributed by atoms with Crippen LogP contribution in [0.5, 0.6) is 0 Å². The second-order valence-corrected chi connectivity index (χ2v) is 9.54. The molecule has 0 heterocycles. The van der Waals surface area contributed by atoms with Gasteiger partial charge in [-0.05, 0) is 90.9 Å². The summed E-state index contributed by atoms with van der Waals surface area (Å²) < 4.78 is 0. The van der Waals surface area contributed by atoms with Crippen LogP contribution in [0.3, 0.4) is 0 Å². The van der Waals surface area contributed by atoms with Crippen LogP contribution in [0.1, 0.15) is 76.2 Å². The average molecular weight is 382 g/mol. The molecule has 1 aliphatic rings. The molecule has 0 aliphatic heterocycles. The SMILES string of the molecule is CC(C)CCN(CCC(C)C)CC(O)c1cc2c(c3ccccc13)CCCC2. The molecule has 2 nitrogen and oxygen atoms in total. The van der Waals surface area contributed by atoms with Gasteiger partial charge in [-0.25, -0.2) is 0 Å². The molecule has 0 amide bonds. The molecule has 0 aromatic heterocycles. The smallest absolute Gasteiger partial charge is 0.0923 e. The van der Waals surface area contributed by atoms with Gasteiger partial charge in [-0.15, -0.1) is 0 Å². The van der Waals surface area contributed by atoms with Gasteiger partial charge in [0.05, 0.1) is 6.10 Å². The molecule has 0 radical (unpaired) electrons. The molecular weight excluding hydrogens is 342 g/mol. The van der Waals surface area contributed by atoms with E-state index in [1.54, 1.807) is 0 Å². The highest BCUT2D eigenvalue weighted by molar-refractivity contribution is 5.90. The van der Waals surface area contributed by atoms with Crippen LogP contribution < -0.4 is 0 Å². The van der Waals surface area contributed by atoms with Gasteiger partial charge in [0.2, 0.25) is 0 Å². The zero-order chi connectivity index (χ0) is 20.1. The van der Waals surface area contributed by atoms with Crippen LogP contribution in [0.25, 0.3) is 10.8 Å². The zero-order valence-electron chi connectivity index (χ0n) is 18.4. The molecule has 0 saturated heterocycles. The normalized spacial score (nSPS) is 15.6. The molecule has 0 spiro atoms. The van der Waals surface area contributed by atoms with Crippen LogP contribution in [0.15, 0.2) is 30.3 Å². The summed E-state index contributed by atoms with van der Waals surface area (Å²) in [5.74, 6) is 1.39. The largest absolute Gasteiger partial charge is 0.387 e. The van der Waals surface area contributed by atoms with Crippen molar-refractivity contribution in [2.24, 2.45) is 11.8 Å². The molecule has 1 aliphatic carbocycles. The third-order valence-electron chi connectivity index (χ3n) is 6.24. The number of benzene rings is 2. The van der Waals surface area contributed by atoms with Gasteiger partial charge in [0.15, 0.2) is 0 Å². The Balaban J connectivity index is 1.85. The van der Waals surface area contributed by atoms with E-state index in [1.165, 1.54) is 54.0 Å². The Hall–Kier alpha value is -1.38. The molecular formula is C26H39NO. The first kappa shape index (κ1) is 21.3. The zero-order valence-corrected chi connectivity index (χ0v) is 18.4. The number of hydrogen-bond donors (Lipinski definition) is 1. The van der Waals surface area contributed by atoms with Gasteiger partial charge in [-0.2, -0.15) is 0 Å². The first-order valence-corrected chi connectivity index (χ1v) is 11.4. The number of aryl methyl sites for hydroxylation is 2. The van der Waals surface area contributed by atoms with Crippen LogP contribution >= 0.6 is 0 Å². The van der Waals surface area contributed by atoms with Gasteiger partial charge in [-0.1, -0.05) is 58.0 Å². The molecule has 3 rings (SSSR count). The van der Waals surface area contributed by atoms with E-state index in [2.05, 4.69) is 62.9 Å². The second kappa shape index (κ2) is 9.89. The fourth-order valence-electron chi connectivity index (χ4n) is 4.45. The number of aliphatic hydroxyl groups excluding tert-OH is 1. The second-order valence-electron chi connectivity index (χ2n) is 9.54. The van der Waals surface area contributed by atoms with E-state index in [9.17, 15) is 5.11 Å². The summed E-state index contributed by atoms with van der Waals surface area (Å²) in [6.07, 6.45) is 6.86. The lowest BCUT2D eigenvalue weighted by molar-refractivity contribution is 0.108. The van der Waals surface area contributed by atoms with E-state index in [4.69, 9.17) is 0 Å². The highest BCUT2D eigenvalue weighted by Crippen LogP contribution is 2.34. The summed E-state index contributed by atoms with van der Waals surface area (Å²) in [6.45, 7) is 12.0. The third-order valence-corrected chi connectivity index (χ3v) is 6.24. The molecule has 28 heavy (non-hydrogen) atoms. The predicted octanol–water partition coefficient (Wildman–Crippen LogP) is 6.15. The van der Waals surface area contributed by atoms with E-state index >= 15 is 0 Å². The molecule has 2 heteroatoms. The monoisotopic (exact) mass is 381 g/mol. The maximum absolute atomic E-state index is 11.3. The lowest BCUT2D eigenvalue weighted by Crippen LogP contribution is -2.32. The van der Waals surface area contributed by atoms with Crippen LogP contribution in [0.4, 0.5) is 0 Å². The predicted molar refractivity (Wildman–Crippen MR) is 121 cm³/mol. The molecule has 0 bridgehead atoms. The standard InChI is InChI=1S/C26H39NO/c1-19(2)13-15-27(16-14-20(3)4)18-26(28)25-17-21-9-5-6-10-22(21)23-11-7-8-12-24(23)25/h7-8,11-12,17,19-20,26,28H,5-6,9-10,13-16,18H2,1-4H3. The van der Waals surface area contributed by atoms with Crippen LogP contribution in [-0.4, -0.2) is 29.6 Å². The van der Waals surface area contributed by atoms with Gasteiger partial charge in [0.25, 0.3) is 0 Å². The molecule has 1 unspecified atom stereocenters. The summed E-state index contributed by atoms with van der Waals surface area (Å²) in [5, 5.41) is 13.9. The Bertz CT molecular complexity index is 752. The van der Waals surface area contributed by atoms with Gasteiger partial charge in [0.1, 0.15) is 0 Å². The van der Waals surface area contributed by atoms with E-state index in [-0.39, 0.29) is 0 Å². The van der Waals surface area contributed by atoms with E-state index in [0.717, 1.165) is 31.6 Å². The Kier molecular flexibility index (Phi) is 7.54. The fraction of sp³-hybridized carbons (Fsp3) is 0.615. The van der Waals surface area contributed by atoms with Crippen molar-refractivity contribution in [3.05, 3.63) is 47.0 Å². The number of nitrogens with zero attached hydrogens (tertiary/aromatic N) is 1. The van der Waals surface area contributed by atoms with E-state index in [1.807, 2.05) is 0 Å². The van der Waals surface area contributed by atoms with E-state index < -0.39 is 6.10 Å². The van der Waals surface area contributed by atoms with Crippen LogP contribution in [0.2, 0.25) is 0 Å². The van der Waals surface area contributed by atoms with Crippen LogP contribution in [-0.2, 0) is 12.8 Å². The minimum Gasteiger partial charge on any atom is -0.387 e. The summed E-state index contributed by atoms with van der Waals surface area (Å²) >= 11 is 0. The lowest BCUT2D eigenvalue weighted by atomic mass is 9.84. The number of hydrogen-bond acceptors (Lipinski definition) is 2. The van der Waals surface area contributed by atoms with Crippen molar-refractivity contribution < 1.29 is 5.11 Å². The minimum absolute atomic E-state index is 0.420. The van der Waals surface area contributed by atoms with Crippen molar-refractivity contribution in [3.63, 3.8) is 0 Å². The topological polar surface area (TPSA) is 23.5 Å². The molecule has 2 aromatic rings. The van der Waals surface area contributed by atoms with Crippen molar-refractivity contribution in [2.45, 2.75) is 72.3 Å². The molecule has 2 aromatic carbocycles. The van der Waals surface area contributed by atoms with Crippen molar-refractivity contribution in [1.82, 2.24) is 4.90 Å². The first-order chi connectivity index (χ1) is 13.5. The van der Waals surface area contributed by atoms with Crippen LogP contribution in [0, 0.1) is 11.8 Å². The molecule has 1 N–H and O–H groups in total. The minimum atomic E-state index is -0.420. The quantitative estimate of drug-likeness (QED) is 0.563. The summed E-state index contributed by atoms with van der Waals surface area (Å²) in [4.78, 5) is 2.49. The van der Waals surface area contributed by atoms with Gasteiger partial charge < -0.3 is 10.0 Å². The fourth-order valence-corrected chi connectivity index (χ4v) is 4.45. The molecule has 0 fully saturated rings. The summed E-state index contributed by atoms with van der Waals surface area (Å²) in [7, 11) is 0. The van der Waals surface area contributed by atoms with Crippen molar-refractivity contribution in [3.8, 4) is 0 Å². The highest BCUT2D eigenvalue weighted by Gasteiger charge is 2.21. The lowest BCUT2D eigenvalue weighted by Gasteiger charge is -2.28. The Morgan fingerprint density at radius 3 is 2.14 bits per heavy atom. The Morgan fingerprint density at radius 1 is 0.893 bits per heavy atom. The molecule has 154 valence electrons. The van der Waals surface area contributed by atoms with Crippen molar-refractivity contribution >= 4 is 10.8 Å². The summed E-state index contributed by atoms with van der Waals surface area (Å²) in [5.41, 5.74) is 4.12. The molecule has 1 atom stereocenters. The van der Waals surface area contributed by atoms with Crippen molar-refractivity contribution in [2.75, 3.05) is 19.6 Å². The third kappa shape index (κ3) is 5.36. The van der Waals surface area contributed by atoms with Gasteiger partial charge >= 0.3 is 0 Å². The van der Waals surface area contributed by atoms with Crippen molar-refractivity contribution in [1.29, 1.82) is 0 Å². The maximum Gasteiger partial charge on any atom is 0.0923 e. The number of rotatable bonds is 9. The maximum atomic E-state index is 11.3. The van der Waals surface area contributed by atoms with E-state index in [0.29, 0.717) is 11.8 Å². The van der Waals surface area contributed by atoms with Gasteiger partial charge in [-0.3, -0.25) is 0 Å². The molecule has 0 saturated carbocycles. The Labute approximate surface area is 172 Å². The average Bonchev–Trinajstić information content (AvgIpc) is 2.69. The first-order valence-electron chi connectivity index (χ1n) is 11.4. The summed E-state index contributed by atoms with van der Waals surface area (Å²) in [6, 6.07) is 11.0. The highest BCUT2D eigenvalue weighted by atomic mass is 16.3. The Morgan fingerprint density at radius 2 is 1.50 bits per heavy atom. The van der Waals surface area contributed by atoms with Gasteiger partial charge in [0, 0.05) is 6.54 Å².